The summed E-state index contributed by atoms with van der Waals surface area (Å²) in [6, 6.07) is 8.98. The van der Waals surface area contributed by atoms with Gasteiger partial charge in [0.2, 0.25) is 17.7 Å². The number of benzene rings is 1. The van der Waals surface area contributed by atoms with Crippen LogP contribution in [0.4, 0.5) is 4.79 Å². The van der Waals surface area contributed by atoms with Crippen LogP contribution in [0.25, 0.3) is 0 Å². The third kappa shape index (κ3) is 19.3. The first-order chi connectivity index (χ1) is 27.5. The molecule has 322 valence electrons. The highest BCUT2D eigenvalue weighted by atomic mass is 32.2. The van der Waals surface area contributed by atoms with Crippen LogP contribution in [0.2, 0.25) is 0 Å². The third-order valence-corrected chi connectivity index (χ3v) is 13.7. The van der Waals surface area contributed by atoms with Crippen LogP contribution >= 0.6 is 19.1 Å². The number of fused-ring (bicyclic) bond motifs is 1. The maximum Gasteiger partial charge on any atom is 0.315 e. The number of esters is 1. The normalized spacial score (nSPS) is 18.8. The van der Waals surface area contributed by atoms with Crippen molar-refractivity contribution in [3.05, 3.63) is 30.3 Å². The number of carbonyl (C=O) groups is 5. The van der Waals surface area contributed by atoms with Gasteiger partial charge in [0.25, 0.3) is 7.37 Å². The fraction of sp³-hybridized carbons (Fsp3) is 0.718. The quantitative estimate of drug-likeness (QED) is 0.0312. The number of hydrogen-bond donors (Lipinski definition) is 5. The first-order valence-corrected chi connectivity index (χ1v) is 23.2. The summed E-state index contributed by atoms with van der Waals surface area (Å²) in [6.45, 7) is 9.14. The Labute approximate surface area is 341 Å². The number of carbonyl (C=O) groups excluding carboxylic acids is 5. The Bertz CT molecular complexity index is 1430. The summed E-state index contributed by atoms with van der Waals surface area (Å²) < 4.78 is 41.8. The highest BCUT2D eigenvalue weighted by Gasteiger charge is 2.42. The number of hydrogen-bond acceptors (Lipinski definition) is 12. The molecule has 2 heterocycles. The molecule has 16 nitrogen and oxygen atoms in total. The number of nitrogens with one attached hydrogen (secondary N) is 5. The topological polar surface area (TPSA) is 209 Å². The van der Waals surface area contributed by atoms with Crippen LogP contribution in [-0.4, -0.2) is 124 Å². The van der Waals surface area contributed by atoms with E-state index in [4.69, 9.17) is 23.5 Å². The van der Waals surface area contributed by atoms with Crippen LogP contribution in [0.5, 0.6) is 5.75 Å². The lowest BCUT2D eigenvalue weighted by Gasteiger charge is -2.31. The van der Waals surface area contributed by atoms with E-state index < -0.39 is 25.0 Å². The number of unbranched alkanes of at least 4 members (excludes halogenated alkanes) is 1. The fourth-order valence-electron chi connectivity index (χ4n) is 6.36. The number of para-hydroxylation sites is 1. The molecule has 0 bridgehead atoms. The summed E-state index contributed by atoms with van der Waals surface area (Å²) in [5.41, 5.74) is 0. The Morgan fingerprint density at radius 1 is 0.807 bits per heavy atom. The van der Waals surface area contributed by atoms with Crippen LogP contribution in [-0.2, 0) is 42.7 Å². The largest absolute Gasteiger partial charge is 0.466 e. The zero-order valence-corrected chi connectivity index (χ0v) is 35.5. The van der Waals surface area contributed by atoms with Crippen molar-refractivity contribution in [2.24, 2.45) is 5.92 Å². The summed E-state index contributed by atoms with van der Waals surface area (Å²) in [5, 5.41) is 14.9. The van der Waals surface area contributed by atoms with Gasteiger partial charge in [0.1, 0.15) is 11.5 Å². The number of thioether (sulfide) groups is 1. The molecule has 5 atom stereocenters. The van der Waals surface area contributed by atoms with Gasteiger partial charge in [-0.1, -0.05) is 38.5 Å². The SMILES string of the molecule is CCOC(=O)CCP(=O)(Oc1ccccc1)C(NC(=O)CCC(=O)NCCCOCCOCCOCCCNC(=O)CCCC[C@@H]1SC[C@@H]2NC(=O)N[C@@H]21)C(C)C. The Kier molecular flexibility index (Phi) is 23.0. The molecule has 3 rings (SSSR count). The zero-order chi connectivity index (χ0) is 41.3. The molecule has 0 aromatic heterocycles. The average molecular weight is 842 g/mol. The van der Waals surface area contributed by atoms with Gasteiger partial charge in [-0.15, -0.1) is 0 Å². The van der Waals surface area contributed by atoms with Crippen molar-refractivity contribution in [3.63, 3.8) is 0 Å². The molecule has 1 aromatic rings. The van der Waals surface area contributed by atoms with Gasteiger partial charge in [-0.3, -0.25) is 23.7 Å². The second-order valence-electron chi connectivity index (χ2n) is 14.3. The Morgan fingerprint density at radius 2 is 1.42 bits per heavy atom. The van der Waals surface area contributed by atoms with E-state index in [1.807, 2.05) is 25.6 Å². The van der Waals surface area contributed by atoms with Gasteiger partial charge in [0, 0.05) is 62.7 Å². The molecule has 2 aliphatic heterocycles. The van der Waals surface area contributed by atoms with E-state index in [0.29, 0.717) is 76.6 Å². The summed E-state index contributed by atoms with van der Waals surface area (Å²) in [4.78, 5) is 61.0. The zero-order valence-electron chi connectivity index (χ0n) is 33.8. The van der Waals surface area contributed by atoms with Crippen LogP contribution in [0.1, 0.15) is 78.6 Å². The molecule has 0 saturated carbocycles. The van der Waals surface area contributed by atoms with Crippen molar-refractivity contribution >= 4 is 48.9 Å². The molecular weight excluding hydrogens is 777 g/mol. The Hall–Kier alpha value is -3.37. The summed E-state index contributed by atoms with van der Waals surface area (Å²) in [5.74, 6) is -1.01. The van der Waals surface area contributed by atoms with E-state index in [0.717, 1.165) is 31.4 Å². The Balaban J connectivity index is 1.13. The minimum Gasteiger partial charge on any atom is -0.466 e. The lowest BCUT2D eigenvalue weighted by molar-refractivity contribution is -0.142. The van der Waals surface area contributed by atoms with Crippen LogP contribution in [0, 0.1) is 5.92 Å². The van der Waals surface area contributed by atoms with E-state index >= 15 is 0 Å². The third-order valence-electron chi connectivity index (χ3n) is 9.28. The predicted octanol–water partition coefficient (Wildman–Crippen LogP) is 3.96. The number of amides is 5. The first-order valence-electron chi connectivity index (χ1n) is 20.2. The highest BCUT2D eigenvalue weighted by molar-refractivity contribution is 8.00. The lowest BCUT2D eigenvalue weighted by Crippen LogP contribution is -2.40. The van der Waals surface area contributed by atoms with Crippen LogP contribution in [0.3, 0.4) is 0 Å². The van der Waals surface area contributed by atoms with Gasteiger partial charge < -0.3 is 50.1 Å². The summed E-state index contributed by atoms with van der Waals surface area (Å²) in [7, 11) is -3.62. The molecule has 18 heteroatoms. The fourth-order valence-corrected chi connectivity index (χ4v) is 10.6. The van der Waals surface area contributed by atoms with Crippen LogP contribution in [0.15, 0.2) is 30.3 Å². The summed E-state index contributed by atoms with van der Waals surface area (Å²) in [6.07, 6.45) is 4.24. The molecule has 2 aliphatic rings. The van der Waals surface area contributed by atoms with Crippen LogP contribution < -0.4 is 31.1 Å². The minimum atomic E-state index is -3.62. The molecule has 2 fully saturated rings. The molecule has 2 saturated heterocycles. The van der Waals surface area contributed by atoms with Gasteiger partial charge in [-0.25, -0.2) is 4.79 Å². The maximum absolute atomic E-state index is 14.2. The summed E-state index contributed by atoms with van der Waals surface area (Å²) >= 11 is 1.89. The number of rotatable bonds is 31. The van der Waals surface area contributed by atoms with E-state index in [1.165, 1.54) is 0 Å². The maximum atomic E-state index is 14.2. The van der Waals surface area contributed by atoms with Gasteiger partial charge >= 0.3 is 12.0 Å². The predicted molar refractivity (Wildman–Crippen MR) is 218 cm³/mol. The Morgan fingerprint density at radius 3 is 2.05 bits per heavy atom. The van der Waals surface area contributed by atoms with Crippen molar-refractivity contribution in [1.29, 1.82) is 0 Å². The number of ether oxygens (including phenoxy) is 4. The molecule has 0 radical (unpaired) electrons. The monoisotopic (exact) mass is 841 g/mol. The smallest absolute Gasteiger partial charge is 0.315 e. The first kappa shape index (κ1) is 48.0. The van der Waals surface area contributed by atoms with E-state index in [1.54, 1.807) is 37.3 Å². The van der Waals surface area contributed by atoms with Crippen molar-refractivity contribution < 1.29 is 52.0 Å². The average Bonchev–Trinajstić information content (AvgIpc) is 3.74. The van der Waals surface area contributed by atoms with Gasteiger partial charge in [0.15, 0.2) is 0 Å². The second-order valence-corrected chi connectivity index (χ2v) is 18.2. The van der Waals surface area contributed by atoms with Gasteiger partial charge in [-0.2, -0.15) is 11.8 Å². The molecule has 5 amide bonds. The molecule has 1 aromatic carbocycles. The molecular formula is C39H64N5O11PS. The van der Waals surface area contributed by atoms with E-state index in [-0.39, 0.29) is 67.9 Å². The standard InChI is InChI=1S/C39H64N5O11PS/c1-4-54-36(48)18-27-56(50,55-30-12-6-5-7-13-30)38(29(2)3)43-35(47)17-16-34(46)41-20-11-22-52-24-26-53-25-23-51-21-10-19-40-33(45)15-9-8-14-32-37-31(28-57-32)42-39(49)44-37/h5-7,12-13,29,31-32,37-38H,4,8-11,14-28H2,1-3H3,(H,40,45)(H,41,46)(H,43,47)(H2,42,44,49)/t31-,32-,37-,38?,56?/m0/s1. The van der Waals surface area contributed by atoms with E-state index in [9.17, 15) is 28.5 Å². The molecule has 0 spiro atoms. The van der Waals surface area contributed by atoms with Crippen molar-refractivity contribution in [1.82, 2.24) is 26.6 Å². The number of urea groups is 1. The molecule has 2 unspecified atom stereocenters. The highest BCUT2D eigenvalue weighted by Crippen LogP contribution is 2.53. The van der Waals surface area contributed by atoms with E-state index in [2.05, 4.69) is 26.6 Å². The van der Waals surface area contributed by atoms with Gasteiger partial charge in [0.05, 0.1) is 51.5 Å². The minimum absolute atomic E-state index is 0.0436. The molecule has 0 aliphatic carbocycles. The van der Waals surface area contributed by atoms with Crippen molar-refractivity contribution in [2.45, 2.75) is 102 Å². The van der Waals surface area contributed by atoms with Gasteiger partial charge in [-0.05, 0) is 50.7 Å². The lowest BCUT2D eigenvalue weighted by atomic mass is 10.0. The molecule has 57 heavy (non-hydrogen) atoms. The molecule has 5 N–H and O–H groups in total. The second kappa shape index (κ2) is 27.3. The van der Waals surface area contributed by atoms with Crippen molar-refractivity contribution in [2.75, 3.05) is 71.3 Å². The van der Waals surface area contributed by atoms with Crippen molar-refractivity contribution in [3.8, 4) is 5.75 Å².